The summed E-state index contributed by atoms with van der Waals surface area (Å²) in [4.78, 5) is 25.8. The molecular formula is C16H22N2O2S. The van der Waals surface area contributed by atoms with E-state index in [2.05, 4.69) is 17.9 Å². The fourth-order valence-electron chi connectivity index (χ4n) is 2.47. The fraction of sp³-hybridized carbons (Fsp3) is 0.500. The minimum atomic E-state index is -0.429. The third-order valence-corrected chi connectivity index (χ3v) is 4.11. The molecule has 1 aromatic carbocycles. The number of amides is 2. The van der Waals surface area contributed by atoms with Crippen LogP contribution >= 0.6 is 12.6 Å². The van der Waals surface area contributed by atoms with E-state index in [4.69, 9.17) is 0 Å². The van der Waals surface area contributed by atoms with Gasteiger partial charge >= 0.3 is 0 Å². The predicted molar refractivity (Wildman–Crippen MR) is 86.4 cm³/mol. The molecule has 5 heteroatoms. The SMILES string of the molecule is O=C(NCC(=O)N1CCCCC1)C(S)Cc1ccccc1. The molecule has 0 saturated carbocycles. The molecule has 1 atom stereocenters. The van der Waals surface area contributed by atoms with Crippen LogP contribution in [0.3, 0.4) is 0 Å². The molecule has 1 aromatic rings. The van der Waals surface area contributed by atoms with Gasteiger partial charge in [0.15, 0.2) is 0 Å². The molecule has 1 aliphatic rings. The highest BCUT2D eigenvalue weighted by atomic mass is 32.1. The third-order valence-electron chi connectivity index (χ3n) is 3.70. The van der Waals surface area contributed by atoms with Gasteiger partial charge in [0.25, 0.3) is 0 Å². The van der Waals surface area contributed by atoms with Gasteiger partial charge in [-0.25, -0.2) is 0 Å². The van der Waals surface area contributed by atoms with Crippen LogP contribution in [-0.2, 0) is 16.0 Å². The number of likely N-dealkylation sites (tertiary alicyclic amines) is 1. The van der Waals surface area contributed by atoms with E-state index in [1.54, 1.807) is 0 Å². The monoisotopic (exact) mass is 306 g/mol. The van der Waals surface area contributed by atoms with Crippen molar-refractivity contribution in [2.24, 2.45) is 0 Å². The zero-order valence-corrected chi connectivity index (χ0v) is 13.0. The van der Waals surface area contributed by atoms with Gasteiger partial charge in [0.1, 0.15) is 0 Å². The molecule has 1 saturated heterocycles. The Hall–Kier alpha value is -1.49. The number of hydrogen-bond acceptors (Lipinski definition) is 3. The summed E-state index contributed by atoms with van der Waals surface area (Å²) in [6.07, 6.45) is 3.87. The van der Waals surface area contributed by atoms with E-state index in [1.165, 1.54) is 6.42 Å². The van der Waals surface area contributed by atoms with Gasteiger partial charge in [-0.15, -0.1) is 0 Å². The Bertz CT molecular complexity index is 472. The highest BCUT2D eigenvalue weighted by Crippen LogP contribution is 2.09. The average molecular weight is 306 g/mol. The Morgan fingerprint density at radius 1 is 1.14 bits per heavy atom. The quantitative estimate of drug-likeness (QED) is 0.813. The number of thiol groups is 1. The van der Waals surface area contributed by atoms with E-state index in [0.717, 1.165) is 31.5 Å². The summed E-state index contributed by atoms with van der Waals surface area (Å²) in [5.74, 6) is -0.184. The first-order chi connectivity index (χ1) is 10.2. The summed E-state index contributed by atoms with van der Waals surface area (Å²) in [5.41, 5.74) is 1.06. The van der Waals surface area contributed by atoms with Crippen LogP contribution in [0.4, 0.5) is 0 Å². The Morgan fingerprint density at radius 3 is 2.48 bits per heavy atom. The average Bonchev–Trinajstić information content (AvgIpc) is 2.54. The molecule has 114 valence electrons. The van der Waals surface area contributed by atoms with Crippen LogP contribution in [0, 0.1) is 0 Å². The normalized spacial score (nSPS) is 16.3. The first-order valence-electron chi connectivity index (χ1n) is 7.44. The van der Waals surface area contributed by atoms with Crippen LogP contribution in [0.5, 0.6) is 0 Å². The molecule has 0 aliphatic carbocycles. The molecule has 0 spiro atoms. The van der Waals surface area contributed by atoms with Gasteiger partial charge in [0.2, 0.25) is 11.8 Å². The second-order valence-corrected chi connectivity index (χ2v) is 5.99. The maximum Gasteiger partial charge on any atom is 0.241 e. The van der Waals surface area contributed by atoms with E-state index in [1.807, 2.05) is 35.2 Å². The van der Waals surface area contributed by atoms with Crippen molar-refractivity contribution < 1.29 is 9.59 Å². The van der Waals surface area contributed by atoms with Crippen LogP contribution < -0.4 is 5.32 Å². The van der Waals surface area contributed by atoms with Crippen molar-refractivity contribution in [3.8, 4) is 0 Å². The summed E-state index contributed by atoms with van der Waals surface area (Å²) in [5, 5.41) is 2.26. The van der Waals surface area contributed by atoms with E-state index in [9.17, 15) is 9.59 Å². The number of nitrogens with zero attached hydrogens (tertiary/aromatic N) is 1. The fourth-order valence-corrected chi connectivity index (χ4v) is 2.77. The molecule has 0 bridgehead atoms. The molecule has 2 amide bonds. The first kappa shape index (κ1) is 15.9. The zero-order chi connectivity index (χ0) is 15.1. The number of nitrogens with one attached hydrogen (secondary N) is 1. The van der Waals surface area contributed by atoms with Crippen molar-refractivity contribution in [3.05, 3.63) is 35.9 Å². The lowest BCUT2D eigenvalue weighted by atomic mass is 10.1. The molecule has 1 heterocycles. The van der Waals surface area contributed by atoms with Gasteiger partial charge in [-0.2, -0.15) is 12.6 Å². The lowest BCUT2D eigenvalue weighted by Crippen LogP contribution is -2.44. The Balaban J connectivity index is 1.74. The Morgan fingerprint density at radius 2 is 1.81 bits per heavy atom. The van der Waals surface area contributed by atoms with Crippen LogP contribution in [0.2, 0.25) is 0 Å². The first-order valence-corrected chi connectivity index (χ1v) is 7.96. The molecule has 1 aliphatic heterocycles. The molecule has 1 N–H and O–H groups in total. The van der Waals surface area contributed by atoms with Crippen LogP contribution in [0.15, 0.2) is 30.3 Å². The number of hydrogen-bond donors (Lipinski definition) is 2. The molecule has 21 heavy (non-hydrogen) atoms. The Labute approximate surface area is 131 Å². The van der Waals surface area contributed by atoms with Crippen molar-refractivity contribution in [2.45, 2.75) is 30.9 Å². The van der Waals surface area contributed by atoms with Gasteiger partial charge in [-0.3, -0.25) is 9.59 Å². The van der Waals surface area contributed by atoms with Crippen LogP contribution in [0.1, 0.15) is 24.8 Å². The summed E-state index contributed by atoms with van der Waals surface area (Å²) in [6.45, 7) is 1.69. The van der Waals surface area contributed by atoms with Crippen LogP contribution in [0.25, 0.3) is 0 Å². The van der Waals surface area contributed by atoms with Crippen molar-refractivity contribution in [3.63, 3.8) is 0 Å². The second kappa shape index (κ2) is 8.08. The highest BCUT2D eigenvalue weighted by molar-refractivity contribution is 7.81. The molecule has 1 unspecified atom stereocenters. The largest absolute Gasteiger partial charge is 0.346 e. The van der Waals surface area contributed by atoms with E-state index in [-0.39, 0.29) is 18.4 Å². The highest BCUT2D eigenvalue weighted by Gasteiger charge is 2.19. The number of carbonyl (C=O) groups excluding carboxylic acids is 2. The number of rotatable bonds is 5. The van der Waals surface area contributed by atoms with Gasteiger partial charge in [-0.1, -0.05) is 30.3 Å². The molecule has 0 aromatic heterocycles. The minimum Gasteiger partial charge on any atom is -0.346 e. The standard InChI is InChI=1S/C16H22N2O2S/c19-15(18-9-5-2-6-10-18)12-17-16(20)14(21)11-13-7-3-1-4-8-13/h1,3-4,7-8,14,21H,2,5-6,9-12H2,(H,17,20). The summed E-state index contributed by atoms with van der Waals surface area (Å²) >= 11 is 4.33. The van der Waals surface area contributed by atoms with E-state index < -0.39 is 5.25 Å². The van der Waals surface area contributed by atoms with Crippen molar-refractivity contribution in [2.75, 3.05) is 19.6 Å². The van der Waals surface area contributed by atoms with Gasteiger partial charge in [-0.05, 0) is 31.2 Å². The number of carbonyl (C=O) groups is 2. The topological polar surface area (TPSA) is 49.4 Å². The maximum absolute atomic E-state index is 12.0. The lowest BCUT2D eigenvalue weighted by Gasteiger charge is -2.26. The molecule has 2 rings (SSSR count). The molecular weight excluding hydrogens is 284 g/mol. The molecule has 1 fully saturated rings. The van der Waals surface area contributed by atoms with E-state index in [0.29, 0.717) is 6.42 Å². The third kappa shape index (κ3) is 5.08. The van der Waals surface area contributed by atoms with Gasteiger partial charge in [0.05, 0.1) is 11.8 Å². The van der Waals surface area contributed by atoms with E-state index >= 15 is 0 Å². The summed E-state index contributed by atoms with van der Waals surface area (Å²) < 4.78 is 0. The minimum absolute atomic E-state index is 0.00305. The number of benzene rings is 1. The molecule has 0 radical (unpaired) electrons. The predicted octanol–water partition coefficient (Wildman–Crippen LogP) is 1.66. The van der Waals surface area contributed by atoms with Gasteiger partial charge in [0, 0.05) is 13.1 Å². The summed E-state index contributed by atoms with van der Waals surface area (Å²) in [6, 6.07) is 9.75. The smallest absolute Gasteiger partial charge is 0.241 e. The Kier molecular flexibility index (Phi) is 6.11. The lowest BCUT2D eigenvalue weighted by molar-refractivity contribution is -0.133. The number of piperidine rings is 1. The van der Waals surface area contributed by atoms with Crippen molar-refractivity contribution in [1.29, 1.82) is 0 Å². The van der Waals surface area contributed by atoms with Crippen molar-refractivity contribution in [1.82, 2.24) is 10.2 Å². The second-order valence-electron chi connectivity index (χ2n) is 5.36. The van der Waals surface area contributed by atoms with Gasteiger partial charge < -0.3 is 10.2 Å². The van der Waals surface area contributed by atoms with Crippen molar-refractivity contribution >= 4 is 24.4 Å². The zero-order valence-electron chi connectivity index (χ0n) is 12.1. The summed E-state index contributed by atoms with van der Waals surface area (Å²) in [7, 11) is 0. The maximum atomic E-state index is 12.0. The molecule has 4 nitrogen and oxygen atoms in total. The van der Waals surface area contributed by atoms with Crippen LogP contribution in [-0.4, -0.2) is 41.6 Å².